The lowest BCUT2D eigenvalue weighted by Gasteiger charge is -2.16. The summed E-state index contributed by atoms with van der Waals surface area (Å²) < 4.78 is 5.41. The van der Waals surface area contributed by atoms with Crippen molar-refractivity contribution in [2.45, 2.75) is 32.9 Å². The number of thiophene rings is 1. The van der Waals surface area contributed by atoms with Gasteiger partial charge in [-0.3, -0.25) is 0 Å². The molecule has 0 saturated carbocycles. The maximum atomic E-state index is 9.70. The fraction of sp³-hybridized carbons (Fsp3) is 0.375. The Morgan fingerprint density at radius 3 is 2.80 bits per heavy atom. The van der Waals surface area contributed by atoms with E-state index in [9.17, 15) is 5.11 Å². The van der Waals surface area contributed by atoms with Gasteiger partial charge in [-0.2, -0.15) is 0 Å². The number of aromatic hydroxyl groups is 1. The van der Waals surface area contributed by atoms with E-state index in [2.05, 4.69) is 29.8 Å². The van der Waals surface area contributed by atoms with Gasteiger partial charge in [-0.25, -0.2) is 0 Å². The molecule has 0 fully saturated rings. The summed E-state index contributed by atoms with van der Waals surface area (Å²) in [7, 11) is 0. The van der Waals surface area contributed by atoms with Crippen LogP contribution in [0.5, 0.6) is 11.5 Å². The van der Waals surface area contributed by atoms with Crippen LogP contribution < -0.4 is 10.1 Å². The van der Waals surface area contributed by atoms with Gasteiger partial charge in [0.15, 0.2) is 11.5 Å². The lowest BCUT2D eigenvalue weighted by molar-refractivity contribution is 0.317. The van der Waals surface area contributed by atoms with E-state index in [0.717, 1.165) is 18.5 Å². The van der Waals surface area contributed by atoms with Gasteiger partial charge in [-0.1, -0.05) is 19.1 Å². The Hall–Kier alpha value is -1.52. The summed E-state index contributed by atoms with van der Waals surface area (Å²) in [6.07, 6.45) is 1.05. The van der Waals surface area contributed by atoms with Gasteiger partial charge >= 0.3 is 0 Å². The molecule has 1 heterocycles. The van der Waals surface area contributed by atoms with Crippen LogP contribution in [0.25, 0.3) is 0 Å². The highest BCUT2D eigenvalue weighted by Gasteiger charge is 2.10. The summed E-state index contributed by atoms with van der Waals surface area (Å²) in [6, 6.07) is 10.1. The molecule has 0 aliphatic heterocycles. The average Bonchev–Trinajstić information content (AvgIpc) is 2.97. The second-order valence-electron chi connectivity index (χ2n) is 4.59. The predicted molar refractivity (Wildman–Crippen MR) is 83.5 cm³/mol. The van der Waals surface area contributed by atoms with Crippen molar-refractivity contribution < 1.29 is 9.84 Å². The molecule has 3 nitrogen and oxygen atoms in total. The molecule has 0 spiro atoms. The Bertz CT molecular complexity index is 525. The van der Waals surface area contributed by atoms with E-state index >= 15 is 0 Å². The van der Waals surface area contributed by atoms with E-state index in [1.165, 1.54) is 4.88 Å². The van der Waals surface area contributed by atoms with E-state index in [-0.39, 0.29) is 5.75 Å². The minimum Gasteiger partial charge on any atom is -0.504 e. The van der Waals surface area contributed by atoms with Crippen molar-refractivity contribution >= 4 is 11.3 Å². The summed E-state index contributed by atoms with van der Waals surface area (Å²) in [5.41, 5.74) is 1.11. The van der Waals surface area contributed by atoms with Crippen molar-refractivity contribution in [3.63, 3.8) is 0 Å². The smallest absolute Gasteiger partial charge is 0.161 e. The minimum atomic E-state index is 0.195. The van der Waals surface area contributed by atoms with Crippen LogP contribution in [-0.4, -0.2) is 11.7 Å². The molecule has 0 aliphatic carbocycles. The Kier molecular flexibility index (Phi) is 5.44. The third-order valence-corrected chi connectivity index (χ3v) is 4.16. The topological polar surface area (TPSA) is 41.5 Å². The first-order chi connectivity index (χ1) is 9.74. The average molecular weight is 291 g/mol. The maximum Gasteiger partial charge on any atom is 0.161 e. The molecule has 108 valence electrons. The molecular weight excluding hydrogens is 270 g/mol. The molecule has 1 unspecified atom stereocenters. The highest BCUT2D eigenvalue weighted by molar-refractivity contribution is 7.10. The van der Waals surface area contributed by atoms with Crippen LogP contribution in [0, 0.1) is 0 Å². The molecular formula is C16H21NO2S. The highest BCUT2D eigenvalue weighted by Crippen LogP contribution is 2.27. The molecule has 2 rings (SSSR count). The number of hydrogen-bond donors (Lipinski definition) is 2. The molecule has 0 saturated heterocycles. The summed E-state index contributed by atoms with van der Waals surface area (Å²) in [5, 5.41) is 15.4. The second-order valence-corrected chi connectivity index (χ2v) is 5.57. The summed E-state index contributed by atoms with van der Waals surface area (Å²) in [6.45, 7) is 5.40. The Morgan fingerprint density at radius 2 is 2.15 bits per heavy atom. The number of nitrogens with one attached hydrogen (secondary N) is 1. The van der Waals surface area contributed by atoms with E-state index in [1.54, 1.807) is 17.4 Å². The van der Waals surface area contributed by atoms with Crippen molar-refractivity contribution in [2.75, 3.05) is 6.61 Å². The van der Waals surface area contributed by atoms with Crippen molar-refractivity contribution in [2.24, 2.45) is 0 Å². The van der Waals surface area contributed by atoms with Gasteiger partial charge in [0.25, 0.3) is 0 Å². The number of benzene rings is 1. The van der Waals surface area contributed by atoms with Crippen LogP contribution in [0.1, 0.15) is 36.8 Å². The molecule has 2 aromatic rings. The van der Waals surface area contributed by atoms with Crippen LogP contribution in [0.4, 0.5) is 0 Å². The van der Waals surface area contributed by atoms with Gasteiger partial charge in [-0.05, 0) is 42.5 Å². The van der Waals surface area contributed by atoms with Gasteiger partial charge < -0.3 is 15.2 Å². The van der Waals surface area contributed by atoms with Gasteiger partial charge in [-0.15, -0.1) is 11.3 Å². The second kappa shape index (κ2) is 7.31. The quantitative estimate of drug-likeness (QED) is 0.807. The van der Waals surface area contributed by atoms with Crippen LogP contribution >= 0.6 is 11.3 Å². The Balaban J connectivity index is 2.01. The maximum absolute atomic E-state index is 9.70. The molecule has 20 heavy (non-hydrogen) atoms. The predicted octanol–water partition coefficient (Wildman–Crippen LogP) is 4.09. The van der Waals surface area contributed by atoms with E-state index < -0.39 is 0 Å². The van der Waals surface area contributed by atoms with Gasteiger partial charge in [0, 0.05) is 17.5 Å². The van der Waals surface area contributed by atoms with E-state index in [1.807, 2.05) is 19.1 Å². The van der Waals surface area contributed by atoms with Gasteiger partial charge in [0.1, 0.15) is 0 Å². The van der Waals surface area contributed by atoms with Crippen molar-refractivity contribution in [1.29, 1.82) is 0 Å². The van der Waals surface area contributed by atoms with Crippen LogP contribution in [-0.2, 0) is 6.54 Å². The van der Waals surface area contributed by atoms with Gasteiger partial charge in [0.05, 0.1) is 6.61 Å². The summed E-state index contributed by atoms with van der Waals surface area (Å²) in [5.74, 6) is 0.747. The Labute approximate surface area is 124 Å². The zero-order chi connectivity index (χ0) is 14.4. The standard InChI is InChI=1S/C16H21NO2S/c1-3-13(16-6-5-9-20-16)17-11-12-7-8-14(18)15(10-12)19-4-2/h5-10,13,17-18H,3-4,11H2,1-2H3. The number of phenols is 1. The van der Waals surface area contributed by atoms with E-state index in [0.29, 0.717) is 18.4 Å². The third-order valence-electron chi connectivity index (χ3n) is 3.17. The monoisotopic (exact) mass is 291 g/mol. The molecule has 1 atom stereocenters. The Morgan fingerprint density at radius 1 is 1.30 bits per heavy atom. The van der Waals surface area contributed by atoms with Crippen LogP contribution in [0.3, 0.4) is 0 Å². The van der Waals surface area contributed by atoms with Crippen molar-refractivity contribution in [3.05, 3.63) is 46.2 Å². The molecule has 2 N–H and O–H groups in total. The molecule has 0 bridgehead atoms. The zero-order valence-electron chi connectivity index (χ0n) is 11.9. The first-order valence-electron chi connectivity index (χ1n) is 6.96. The lowest BCUT2D eigenvalue weighted by atomic mass is 10.1. The molecule has 1 aromatic carbocycles. The number of hydrogen-bond acceptors (Lipinski definition) is 4. The first kappa shape index (κ1) is 14.9. The highest BCUT2D eigenvalue weighted by atomic mass is 32.1. The van der Waals surface area contributed by atoms with Crippen LogP contribution in [0.2, 0.25) is 0 Å². The largest absolute Gasteiger partial charge is 0.504 e. The fourth-order valence-electron chi connectivity index (χ4n) is 2.12. The van der Waals surface area contributed by atoms with Gasteiger partial charge in [0.2, 0.25) is 0 Å². The molecule has 0 amide bonds. The minimum absolute atomic E-state index is 0.195. The molecule has 1 aromatic heterocycles. The normalized spacial score (nSPS) is 12.3. The molecule has 4 heteroatoms. The lowest BCUT2D eigenvalue weighted by Crippen LogP contribution is -2.19. The summed E-state index contributed by atoms with van der Waals surface area (Å²) >= 11 is 1.78. The van der Waals surface area contributed by atoms with Crippen molar-refractivity contribution in [3.8, 4) is 11.5 Å². The first-order valence-corrected chi connectivity index (χ1v) is 7.84. The zero-order valence-corrected chi connectivity index (χ0v) is 12.7. The fourth-order valence-corrected chi connectivity index (χ4v) is 3.00. The van der Waals surface area contributed by atoms with Crippen molar-refractivity contribution in [1.82, 2.24) is 5.32 Å². The number of ether oxygens (including phenoxy) is 1. The van der Waals surface area contributed by atoms with Crippen LogP contribution in [0.15, 0.2) is 35.7 Å². The molecule has 0 radical (unpaired) electrons. The molecule has 0 aliphatic rings. The van der Waals surface area contributed by atoms with E-state index in [4.69, 9.17) is 4.74 Å². The third kappa shape index (κ3) is 3.74. The SMILES string of the molecule is CCOc1cc(CNC(CC)c2cccs2)ccc1O. The number of rotatable bonds is 7. The number of phenolic OH excluding ortho intramolecular Hbond substituents is 1. The summed E-state index contributed by atoms with van der Waals surface area (Å²) in [4.78, 5) is 1.36.